The molecule has 0 bridgehead atoms. The van der Waals surface area contributed by atoms with Crippen LogP contribution in [-0.4, -0.2) is 25.0 Å². The van der Waals surface area contributed by atoms with Gasteiger partial charge in [-0.25, -0.2) is 4.79 Å². The molecule has 0 aromatic carbocycles. The number of ketones is 1. The third-order valence-electron chi connectivity index (χ3n) is 2.22. The summed E-state index contributed by atoms with van der Waals surface area (Å²) in [5.74, 6) is 0.352. The normalized spacial score (nSPS) is 27.2. The molecule has 1 saturated carbocycles. The van der Waals surface area contributed by atoms with Crippen LogP contribution in [0.2, 0.25) is 0 Å². The van der Waals surface area contributed by atoms with E-state index in [2.05, 4.69) is 10.1 Å². The second-order valence-corrected chi connectivity index (χ2v) is 3.11. The summed E-state index contributed by atoms with van der Waals surface area (Å²) in [6, 6.07) is 0.131. The second-order valence-electron chi connectivity index (χ2n) is 3.11. The monoisotopic (exact) mass is 171 g/mol. The standard InChI is InChI=1S/C8H13NO3/c1-5(10)6-3-7(4-6)9-8(11)12-2/h6-7H,3-4H2,1-2H3,(H,9,11). The molecule has 0 saturated heterocycles. The maximum Gasteiger partial charge on any atom is 0.407 e. The lowest BCUT2D eigenvalue weighted by Crippen LogP contribution is -2.46. The lowest BCUT2D eigenvalue weighted by molar-refractivity contribution is -0.123. The van der Waals surface area contributed by atoms with Crippen LogP contribution in [0.1, 0.15) is 19.8 Å². The van der Waals surface area contributed by atoms with Crippen LogP contribution in [0.3, 0.4) is 0 Å². The molecule has 0 radical (unpaired) electrons. The maximum absolute atomic E-state index is 10.8. The number of hydrogen-bond donors (Lipinski definition) is 1. The lowest BCUT2D eigenvalue weighted by Gasteiger charge is -2.33. The summed E-state index contributed by atoms with van der Waals surface area (Å²) in [5, 5.41) is 2.64. The first-order valence-electron chi connectivity index (χ1n) is 3.98. The van der Waals surface area contributed by atoms with Gasteiger partial charge in [0.25, 0.3) is 0 Å². The largest absolute Gasteiger partial charge is 0.453 e. The van der Waals surface area contributed by atoms with Crippen molar-refractivity contribution < 1.29 is 14.3 Å². The fraction of sp³-hybridized carbons (Fsp3) is 0.750. The molecule has 0 heterocycles. The highest BCUT2D eigenvalue weighted by Crippen LogP contribution is 2.27. The van der Waals surface area contributed by atoms with Gasteiger partial charge in [0.2, 0.25) is 0 Å². The number of carbonyl (C=O) groups is 2. The summed E-state index contributed by atoms with van der Waals surface area (Å²) < 4.78 is 4.42. The van der Waals surface area contributed by atoms with E-state index in [1.54, 1.807) is 6.92 Å². The number of hydrogen-bond acceptors (Lipinski definition) is 3. The Hall–Kier alpha value is -1.06. The van der Waals surface area contributed by atoms with Gasteiger partial charge in [-0.3, -0.25) is 4.79 Å². The van der Waals surface area contributed by atoms with Crippen LogP contribution >= 0.6 is 0 Å². The maximum atomic E-state index is 10.8. The SMILES string of the molecule is COC(=O)NC1CC(C(C)=O)C1. The Morgan fingerprint density at radius 2 is 2.00 bits per heavy atom. The molecule has 1 amide bonds. The summed E-state index contributed by atoms with van der Waals surface area (Å²) in [6.45, 7) is 1.58. The van der Waals surface area contributed by atoms with E-state index in [1.807, 2.05) is 0 Å². The minimum absolute atomic E-state index is 0.131. The number of nitrogens with one attached hydrogen (secondary N) is 1. The molecule has 0 aliphatic heterocycles. The Bertz CT molecular complexity index is 196. The van der Waals surface area contributed by atoms with Crippen molar-refractivity contribution in [1.82, 2.24) is 5.32 Å². The first-order chi connectivity index (χ1) is 5.63. The summed E-state index contributed by atoms with van der Waals surface area (Å²) in [4.78, 5) is 21.5. The summed E-state index contributed by atoms with van der Waals surface area (Å²) in [7, 11) is 1.33. The molecule has 4 nitrogen and oxygen atoms in total. The molecule has 1 rings (SSSR count). The van der Waals surface area contributed by atoms with Crippen molar-refractivity contribution in [3.8, 4) is 0 Å². The molecular formula is C8H13NO3. The minimum Gasteiger partial charge on any atom is -0.453 e. The second kappa shape index (κ2) is 3.56. The Labute approximate surface area is 71.3 Å². The summed E-state index contributed by atoms with van der Waals surface area (Å²) >= 11 is 0. The van der Waals surface area contributed by atoms with E-state index >= 15 is 0 Å². The minimum atomic E-state index is -0.415. The lowest BCUT2D eigenvalue weighted by atomic mass is 9.78. The van der Waals surface area contributed by atoms with E-state index in [1.165, 1.54) is 7.11 Å². The van der Waals surface area contributed by atoms with Gasteiger partial charge in [0.05, 0.1) is 7.11 Å². The van der Waals surface area contributed by atoms with Crippen molar-refractivity contribution in [3.05, 3.63) is 0 Å². The average molecular weight is 171 g/mol. The number of amides is 1. The fourth-order valence-corrected chi connectivity index (χ4v) is 1.29. The van der Waals surface area contributed by atoms with Crippen LogP contribution in [0.25, 0.3) is 0 Å². The number of methoxy groups -OCH3 is 1. The molecule has 0 aromatic rings. The molecule has 1 N–H and O–H groups in total. The summed E-state index contributed by atoms with van der Waals surface area (Å²) in [6.07, 6.45) is 1.09. The van der Waals surface area contributed by atoms with Crippen molar-refractivity contribution >= 4 is 11.9 Å². The van der Waals surface area contributed by atoms with Gasteiger partial charge in [-0.1, -0.05) is 0 Å². The molecular weight excluding hydrogens is 158 g/mol. The Balaban J connectivity index is 2.17. The predicted molar refractivity (Wildman–Crippen MR) is 42.7 cm³/mol. The van der Waals surface area contributed by atoms with Gasteiger partial charge in [-0.2, -0.15) is 0 Å². The van der Waals surface area contributed by atoms with Gasteiger partial charge >= 0.3 is 6.09 Å². The first-order valence-corrected chi connectivity index (χ1v) is 3.98. The Morgan fingerprint density at radius 1 is 1.42 bits per heavy atom. The molecule has 0 spiro atoms. The number of ether oxygens (including phenoxy) is 1. The predicted octanol–water partition coefficient (Wildman–Crippen LogP) is 0.710. The van der Waals surface area contributed by atoms with Crippen LogP contribution in [0.4, 0.5) is 4.79 Å². The number of carbonyl (C=O) groups excluding carboxylic acids is 2. The van der Waals surface area contributed by atoms with Crippen molar-refractivity contribution in [2.75, 3.05) is 7.11 Å². The molecule has 0 unspecified atom stereocenters. The highest BCUT2D eigenvalue weighted by molar-refractivity contribution is 5.79. The van der Waals surface area contributed by atoms with Gasteiger partial charge in [0.15, 0.2) is 0 Å². The van der Waals surface area contributed by atoms with Crippen LogP contribution in [0, 0.1) is 5.92 Å². The highest BCUT2D eigenvalue weighted by Gasteiger charge is 2.33. The third-order valence-corrected chi connectivity index (χ3v) is 2.22. The zero-order valence-corrected chi connectivity index (χ0v) is 7.29. The van der Waals surface area contributed by atoms with Gasteiger partial charge in [0.1, 0.15) is 5.78 Å². The third kappa shape index (κ3) is 1.96. The van der Waals surface area contributed by atoms with Gasteiger partial charge < -0.3 is 10.1 Å². The highest BCUT2D eigenvalue weighted by atomic mass is 16.5. The van der Waals surface area contributed by atoms with E-state index in [9.17, 15) is 9.59 Å². The molecule has 4 heteroatoms. The van der Waals surface area contributed by atoms with E-state index in [0.717, 1.165) is 12.8 Å². The smallest absolute Gasteiger partial charge is 0.407 e. The van der Waals surface area contributed by atoms with Crippen LogP contribution in [0.5, 0.6) is 0 Å². The van der Waals surface area contributed by atoms with Gasteiger partial charge in [-0.15, -0.1) is 0 Å². The summed E-state index contributed by atoms with van der Waals surface area (Å²) in [5.41, 5.74) is 0. The van der Waals surface area contributed by atoms with Crippen molar-refractivity contribution in [2.45, 2.75) is 25.8 Å². The van der Waals surface area contributed by atoms with Crippen molar-refractivity contribution in [1.29, 1.82) is 0 Å². The molecule has 68 valence electrons. The van der Waals surface area contributed by atoms with Crippen molar-refractivity contribution in [3.63, 3.8) is 0 Å². The van der Waals surface area contributed by atoms with Crippen LogP contribution in [0.15, 0.2) is 0 Å². The quantitative estimate of drug-likeness (QED) is 0.665. The van der Waals surface area contributed by atoms with Gasteiger partial charge in [-0.05, 0) is 19.8 Å². The zero-order valence-electron chi connectivity index (χ0n) is 7.29. The molecule has 1 aliphatic rings. The number of alkyl carbamates (subject to hydrolysis) is 1. The molecule has 12 heavy (non-hydrogen) atoms. The van der Waals surface area contributed by atoms with Crippen LogP contribution in [-0.2, 0) is 9.53 Å². The molecule has 0 aromatic heterocycles. The Morgan fingerprint density at radius 3 is 2.42 bits per heavy atom. The molecule has 1 aliphatic carbocycles. The first kappa shape index (κ1) is 9.03. The zero-order chi connectivity index (χ0) is 9.14. The number of rotatable bonds is 2. The van der Waals surface area contributed by atoms with Gasteiger partial charge in [0, 0.05) is 12.0 Å². The van der Waals surface area contributed by atoms with Crippen molar-refractivity contribution in [2.24, 2.45) is 5.92 Å². The van der Waals surface area contributed by atoms with E-state index < -0.39 is 6.09 Å². The molecule has 1 fully saturated rings. The topological polar surface area (TPSA) is 55.4 Å². The fourth-order valence-electron chi connectivity index (χ4n) is 1.29. The van der Waals surface area contributed by atoms with E-state index in [4.69, 9.17) is 0 Å². The Kier molecular flexibility index (Phi) is 2.68. The van der Waals surface area contributed by atoms with E-state index in [0.29, 0.717) is 0 Å². The van der Waals surface area contributed by atoms with E-state index in [-0.39, 0.29) is 17.7 Å². The average Bonchev–Trinajstić information content (AvgIpc) is 1.94. The molecule has 0 atom stereocenters. The van der Waals surface area contributed by atoms with Crippen LogP contribution < -0.4 is 5.32 Å². The number of Topliss-reactive ketones (excluding diaryl/α,β-unsaturated/α-hetero) is 1.